The van der Waals surface area contributed by atoms with Gasteiger partial charge in [0.15, 0.2) is 0 Å². The maximum atomic E-state index is 13.1. The molecule has 2 N–H and O–H groups in total. The molecule has 0 saturated heterocycles. The zero-order valence-electron chi connectivity index (χ0n) is 12.7. The Balaban J connectivity index is 1.92. The van der Waals surface area contributed by atoms with Gasteiger partial charge in [0, 0.05) is 18.3 Å². The number of H-pyrrole nitrogens is 1. The van der Waals surface area contributed by atoms with E-state index < -0.39 is 5.97 Å². The Morgan fingerprint density at radius 1 is 1.21 bits per heavy atom. The van der Waals surface area contributed by atoms with Crippen molar-refractivity contribution in [1.82, 2.24) is 9.97 Å². The van der Waals surface area contributed by atoms with Gasteiger partial charge in [0.2, 0.25) is 0 Å². The summed E-state index contributed by atoms with van der Waals surface area (Å²) in [6, 6.07) is 10.9. The van der Waals surface area contributed by atoms with Crippen LogP contribution in [-0.4, -0.2) is 21.0 Å². The van der Waals surface area contributed by atoms with Crippen LogP contribution in [0.4, 0.5) is 4.39 Å². The van der Waals surface area contributed by atoms with Gasteiger partial charge >= 0.3 is 5.97 Å². The van der Waals surface area contributed by atoms with Gasteiger partial charge in [0.1, 0.15) is 5.82 Å². The second-order valence-electron chi connectivity index (χ2n) is 5.30. The maximum absolute atomic E-state index is 13.1. The van der Waals surface area contributed by atoms with Crippen molar-refractivity contribution in [2.75, 3.05) is 0 Å². The van der Waals surface area contributed by atoms with Gasteiger partial charge in [-0.15, -0.1) is 0 Å². The molecule has 0 saturated carbocycles. The largest absolute Gasteiger partial charge is 0.478 e. The lowest BCUT2D eigenvalue weighted by atomic mass is 9.97. The van der Waals surface area contributed by atoms with Crippen LogP contribution in [0.2, 0.25) is 0 Å². The number of aromatic amines is 1. The number of nitrogens with one attached hydrogen (secondary N) is 1. The smallest absolute Gasteiger partial charge is 0.336 e. The summed E-state index contributed by atoms with van der Waals surface area (Å²) >= 11 is 0. The monoisotopic (exact) mass is 322 g/mol. The Labute approximate surface area is 138 Å². The van der Waals surface area contributed by atoms with Gasteiger partial charge in [-0.2, -0.15) is 0 Å². The average Bonchev–Trinajstić information content (AvgIpc) is 3.09. The minimum atomic E-state index is -1.01. The van der Waals surface area contributed by atoms with Crippen LogP contribution < -0.4 is 0 Å². The summed E-state index contributed by atoms with van der Waals surface area (Å²) < 4.78 is 13.1. The van der Waals surface area contributed by atoms with Gasteiger partial charge < -0.3 is 10.1 Å². The van der Waals surface area contributed by atoms with E-state index in [0.717, 1.165) is 11.3 Å². The Morgan fingerprint density at radius 2 is 2.00 bits per heavy atom. The number of carboxylic acid groups (broad SMARTS) is 1. The van der Waals surface area contributed by atoms with E-state index in [0.29, 0.717) is 17.5 Å². The lowest BCUT2D eigenvalue weighted by molar-refractivity contribution is 0.0697. The highest BCUT2D eigenvalue weighted by Gasteiger charge is 2.12. The normalized spacial score (nSPS) is 11.0. The zero-order valence-corrected chi connectivity index (χ0v) is 12.7. The van der Waals surface area contributed by atoms with Gasteiger partial charge in [0.05, 0.1) is 11.9 Å². The van der Waals surface area contributed by atoms with Crippen LogP contribution in [0, 0.1) is 5.82 Å². The number of benzene rings is 2. The van der Waals surface area contributed by atoms with Crippen molar-refractivity contribution in [2.45, 2.75) is 6.42 Å². The van der Waals surface area contributed by atoms with E-state index in [2.05, 4.69) is 9.97 Å². The molecule has 0 aliphatic rings. The standard InChI is InChI=1S/C19H15FN2O2/c20-15-7-5-14(6-8-15)18-10-13(4-9-17(18)19(23)24)2-1-3-16-11-21-12-22-16/h1-2,4-12H,3H2,(H,21,22)(H,23,24). The Kier molecular flexibility index (Phi) is 4.52. The summed E-state index contributed by atoms with van der Waals surface area (Å²) in [5.74, 6) is -1.37. The Morgan fingerprint density at radius 3 is 2.67 bits per heavy atom. The fraction of sp³-hybridized carbons (Fsp3) is 0.0526. The third-order valence-corrected chi connectivity index (χ3v) is 3.63. The molecule has 0 amide bonds. The molecular weight excluding hydrogens is 307 g/mol. The summed E-state index contributed by atoms with van der Waals surface area (Å²) in [7, 11) is 0. The molecule has 4 nitrogen and oxygen atoms in total. The summed E-state index contributed by atoms with van der Waals surface area (Å²) in [5.41, 5.74) is 3.28. The molecule has 5 heteroatoms. The van der Waals surface area contributed by atoms with E-state index in [4.69, 9.17) is 0 Å². The summed E-state index contributed by atoms with van der Waals surface area (Å²) in [4.78, 5) is 18.4. The Bertz CT molecular complexity index is 869. The van der Waals surface area contributed by atoms with Crippen LogP contribution in [0.3, 0.4) is 0 Å². The summed E-state index contributed by atoms with van der Waals surface area (Å²) in [6.45, 7) is 0. The fourth-order valence-corrected chi connectivity index (χ4v) is 2.44. The van der Waals surface area contributed by atoms with Crippen molar-refractivity contribution in [3.05, 3.63) is 83.7 Å². The highest BCUT2D eigenvalue weighted by Crippen LogP contribution is 2.26. The molecule has 1 heterocycles. The first-order valence-corrected chi connectivity index (χ1v) is 7.40. The molecule has 0 aliphatic heterocycles. The van der Waals surface area contributed by atoms with Crippen LogP contribution in [0.15, 0.2) is 61.1 Å². The molecule has 3 rings (SSSR count). The highest BCUT2D eigenvalue weighted by atomic mass is 19.1. The highest BCUT2D eigenvalue weighted by molar-refractivity contribution is 5.96. The predicted octanol–water partition coefficient (Wildman–Crippen LogP) is 4.17. The first-order chi connectivity index (χ1) is 11.6. The molecule has 0 radical (unpaired) electrons. The van der Waals surface area contributed by atoms with E-state index in [1.165, 1.54) is 12.1 Å². The number of hydrogen-bond acceptors (Lipinski definition) is 2. The fourth-order valence-electron chi connectivity index (χ4n) is 2.44. The molecule has 0 bridgehead atoms. The van der Waals surface area contributed by atoms with Crippen molar-refractivity contribution < 1.29 is 14.3 Å². The lowest BCUT2D eigenvalue weighted by Crippen LogP contribution is -2.00. The second-order valence-corrected chi connectivity index (χ2v) is 5.30. The number of carboxylic acids is 1. The van der Waals surface area contributed by atoms with E-state index in [-0.39, 0.29) is 11.4 Å². The summed E-state index contributed by atoms with van der Waals surface area (Å²) in [5, 5.41) is 9.37. The molecule has 1 aromatic heterocycles. The molecular formula is C19H15FN2O2. The molecule has 0 atom stereocenters. The van der Waals surface area contributed by atoms with Gasteiger partial charge in [-0.1, -0.05) is 30.4 Å². The number of rotatable bonds is 5. The van der Waals surface area contributed by atoms with Crippen LogP contribution in [-0.2, 0) is 6.42 Å². The molecule has 2 aromatic carbocycles. The number of nitrogens with zero attached hydrogens (tertiary/aromatic N) is 1. The van der Waals surface area contributed by atoms with Crippen molar-refractivity contribution in [2.24, 2.45) is 0 Å². The molecule has 0 spiro atoms. The van der Waals surface area contributed by atoms with E-state index >= 15 is 0 Å². The molecule has 0 aliphatic carbocycles. The maximum Gasteiger partial charge on any atom is 0.336 e. The van der Waals surface area contributed by atoms with E-state index in [9.17, 15) is 14.3 Å². The first kappa shape index (κ1) is 15.7. The Hall–Kier alpha value is -3.21. The zero-order chi connectivity index (χ0) is 16.9. The lowest BCUT2D eigenvalue weighted by Gasteiger charge is -2.08. The molecule has 120 valence electrons. The van der Waals surface area contributed by atoms with Crippen molar-refractivity contribution in [3.63, 3.8) is 0 Å². The average molecular weight is 322 g/mol. The SMILES string of the molecule is O=C(O)c1ccc(C=CCc2cnc[nH]2)cc1-c1ccc(F)cc1. The molecule has 3 aromatic rings. The number of aromatic carboxylic acids is 1. The van der Waals surface area contributed by atoms with E-state index in [1.807, 2.05) is 12.2 Å². The van der Waals surface area contributed by atoms with Crippen LogP contribution in [0.1, 0.15) is 21.6 Å². The third kappa shape index (κ3) is 3.57. The minimum Gasteiger partial charge on any atom is -0.478 e. The predicted molar refractivity (Wildman–Crippen MR) is 90.1 cm³/mol. The number of imidazole rings is 1. The number of aromatic nitrogens is 2. The topological polar surface area (TPSA) is 66.0 Å². The third-order valence-electron chi connectivity index (χ3n) is 3.63. The molecule has 0 unspecified atom stereocenters. The minimum absolute atomic E-state index is 0.187. The quantitative estimate of drug-likeness (QED) is 0.741. The number of hydrogen-bond donors (Lipinski definition) is 2. The molecule has 0 fully saturated rings. The van der Waals surface area contributed by atoms with Crippen LogP contribution in [0.5, 0.6) is 0 Å². The van der Waals surface area contributed by atoms with E-state index in [1.54, 1.807) is 42.9 Å². The van der Waals surface area contributed by atoms with Gasteiger partial charge in [-0.25, -0.2) is 14.2 Å². The number of allylic oxidation sites excluding steroid dienone is 1. The van der Waals surface area contributed by atoms with Crippen molar-refractivity contribution in [3.8, 4) is 11.1 Å². The number of halogens is 1. The van der Waals surface area contributed by atoms with Crippen LogP contribution >= 0.6 is 0 Å². The van der Waals surface area contributed by atoms with Crippen molar-refractivity contribution >= 4 is 12.0 Å². The summed E-state index contributed by atoms with van der Waals surface area (Å²) in [6.07, 6.45) is 7.96. The van der Waals surface area contributed by atoms with Gasteiger partial charge in [-0.05, 0) is 41.0 Å². The van der Waals surface area contributed by atoms with Crippen molar-refractivity contribution in [1.29, 1.82) is 0 Å². The first-order valence-electron chi connectivity index (χ1n) is 7.40. The molecule has 24 heavy (non-hydrogen) atoms. The number of carbonyl (C=O) groups is 1. The second kappa shape index (κ2) is 6.91. The van der Waals surface area contributed by atoms with Gasteiger partial charge in [-0.3, -0.25) is 0 Å². The van der Waals surface area contributed by atoms with Gasteiger partial charge in [0.25, 0.3) is 0 Å². The van der Waals surface area contributed by atoms with Crippen LogP contribution in [0.25, 0.3) is 17.2 Å².